The van der Waals surface area contributed by atoms with Gasteiger partial charge in [-0.3, -0.25) is 9.11 Å². The second-order valence-electron chi connectivity index (χ2n) is 7.96. The molecule has 1 unspecified atom stereocenters. The molecule has 1 atom stereocenters. The Balaban J connectivity index is 1.55. The van der Waals surface area contributed by atoms with E-state index in [0.717, 1.165) is 22.8 Å². The number of alkyl halides is 3. The Bertz CT molecular complexity index is 1200. The minimum atomic E-state index is -4.97. The first-order chi connectivity index (χ1) is 15.9. The van der Waals surface area contributed by atoms with Gasteiger partial charge >= 0.3 is 6.36 Å². The number of para-hydroxylation sites is 1. The van der Waals surface area contributed by atoms with Gasteiger partial charge in [0.1, 0.15) is 10.7 Å². The first kappa shape index (κ1) is 24.8. The average molecular weight is 562 g/mol. The molecule has 3 aromatic rings. The molecular formula is C21H23BrF3N5O3S. The van der Waals surface area contributed by atoms with E-state index in [1.165, 1.54) is 16.4 Å². The smallest absolute Gasteiger partial charge is 0.404 e. The van der Waals surface area contributed by atoms with Crippen LogP contribution in [0.3, 0.4) is 0 Å². The molecule has 8 nitrogen and oxygen atoms in total. The van der Waals surface area contributed by atoms with Gasteiger partial charge in [-0.25, -0.2) is 4.98 Å². The van der Waals surface area contributed by atoms with Crippen molar-refractivity contribution in [1.82, 2.24) is 14.3 Å². The number of hydrogen-bond donors (Lipinski definition) is 3. The van der Waals surface area contributed by atoms with Crippen LogP contribution in [0.5, 0.6) is 5.75 Å². The van der Waals surface area contributed by atoms with E-state index in [2.05, 4.69) is 36.0 Å². The maximum absolute atomic E-state index is 12.9. The van der Waals surface area contributed by atoms with Crippen LogP contribution >= 0.6 is 26.7 Å². The number of benzene rings is 2. The molecular weight excluding hydrogens is 539 g/mol. The van der Waals surface area contributed by atoms with Crippen molar-refractivity contribution in [2.75, 3.05) is 37.4 Å². The van der Waals surface area contributed by atoms with Crippen molar-refractivity contribution in [3.63, 3.8) is 0 Å². The molecule has 1 saturated heterocycles. The van der Waals surface area contributed by atoms with Gasteiger partial charge in [0, 0.05) is 43.1 Å². The fourth-order valence-corrected chi connectivity index (χ4v) is 5.76. The number of ether oxygens (including phenoxy) is 1. The van der Waals surface area contributed by atoms with Crippen molar-refractivity contribution < 1.29 is 27.0 Å². The second-order valence-corrected chi connectivity index (χ2v) is 10.9. The molecule has 1 aromatic heterocycles. The Labute approximate surface area is 204 Å². The first-order valence-electron chi connectivity index (χ1n) is 10.2. The maximum atomic E-state index is 12.9. The van der Waals surface area contributed by atoms with Crippen LogP contribution in [0.1, 0.15) is 6.42 Å². The Morgan fingerprint density at radius 3 is 2.62 bits per heavy atom. The summed E-state index contributed by atoms with van der Waals surface area (Å²) >= 11 is 3.09. The van der Waals surface area contributed by atoms with Crippen molar-refractivity contribution in [3.8, 4) is 5.75 Å². The van der Waals surface area contributed by atoms with Gasteiger partial charge in [-0.15, -0.1) is 23.9 Å². The van der Waals surface area contributed by atoms with Crippen LogP contribution in [0.15, 0.2) is 51.8 Å². The summed E-state index contributed by atoms with van der Waals surface area (Å²) in [5.74, 6) is 0.457. The Kier molecular flexibility index (Phi) is 6.84. The fraction of sp³-hybridized carbons (Fsp3) is 0.333. The molecule has 2 aromatic carbocycles. The molecule has 3 N–H and O–H groups in total. The summed E-state index contributed by atoms with van der Waals surface area (Å²) in [5, 5.41) is 4.12. The lowest BCUT2D eigenvalue weighted by molar-refractivity contribution is -0.275. The summed E-state index contributed by atoms with van der Waals surface area (Å²) in [4.78, 5) is 10.7. The molecule has 0 aliphatic carbocycles. The van der Waals surface area contributed by atoms with Gasteiger partial charge in [0.05, 0.1) is 5.52 Å². The molecule has 0 saturated carbocycles. The Morgan fingerprint density at radius 2 is 1.91 bits per heavy atom. The predicted molar refractivity (Wildman–Crippen MR) is 129 cm³/mol. The van der Waals surface area contributed by atoms with Crippen molar-refractivity contribution in [2.24, 2.45) is 0 Å². The van der Waals surface area contributed by atoms with Crippen molar-refractivity contribution in [1.29, 1.82) is 0 Å². The average Bonchev–Trinajstić information content (AvgIpc) is 3.21. The summed E-state index contributed by atoms with van der Waals surface area (Å²) in [6.45, 7) is 0.410. The van der Waals surface area contributed by atoms with Crippen molar-refractivity contribution in [3.05, 3.63) is 46.9 Å². The summed E-state index contributed by atoms with van der Waals surface area (Å²) in [5.41, 5.74) is 0.756. The van der Waals surface area contributed by atoms with Crippen LogP contribution < -0.4 is 15.0 Å². The largest absolute Gasteiger partial charge is 0.573 e. The molecule has 13 heteroatoms. The lowest BCUT2D eigenvalue weighted by Gasteiger charge is -2.41. The van der Waals surface area contributed by atoms with Crippen LogP contribution in [0.2, 0.25) is 0 Å². The summed E-state index contributed by atoms with van der Waals surface area (Å²) in [6.07, 6.45) is -4.47. The number of aromatic nitrogens is 2. The summed E-state index contributed by atoms with van der Waals surface area (Å²) in [6, 6.07) is 11.1. The van der Waals surface area contributed by atoms with E-state index >= 15 is 0 Å². The molecule has 0 radical (unpaired) electrons. The lowest BCUT2D eigenvalue weighted by Crippen LogP contribution is -2.30. The lowest BCUT2D eigenvalue weighted by atomic mass is 10.2. The minimum Gasteiger partial charge on any atom is -0.404 e. The van der Waals surface area contributed by atoms with Gasteiger partial charge in [0.15, 0.2) is 5.75 Å². The number of fused-ring (bicyclic) bond motifs is 1. The van der Waals surface area contributed by atoms with Gasteiger partial charge in [-0.2, -0.15) is 9.29 Å². The zero-order valence-corrected chi connectivity index (χ0v) is 20.7. The standard InChI is InChI=1S/C21H23BrF3N5O3S/c1-29(2)19-15-5-3-4-6-16(15)27-20(28-19)26-14-9-10-30(12-14)34(31,32)18-8-7-13(22)11-17(18)33-21(23,24)25/h3-8,11,14,31-32H,9-10,12H2,1-2H3,(H,26,27,28). The Hall–Kier alpha value is -2.32. The molecule has 34 heavy (non-hydrogen) atoms. The van der Waals surface area contributed by atoms with Crippen LogP contribution in [0.25, 0.3) is 10.9 Å². The summed E-state index contributed by atoms with van der Waals surface area (Å²) in [7, 11) is 0.0162. The first-order valence-corrected chi connectivity index (χ1v) is 12.5. The van der Waals surface area contributed by atoms with Gasteiger partial charge in [0.25, 0.3) is 0 Å². The van der Waals surface area contributed by atoms with Gasteiger partial charge in [-0.1, -0.05) is 28.1 Å². The number of nitrogens with zero attached hydrogens (tertiary/aromatic N) is 4. The molecule has 0 amide bonds. The van der Waals surface area contributed by atoms with E-state index in [4.69, 9.17) is 0 Å². The zero-order valence-electron chi connectivity index (χ0n) is 18.3. The van der Waals surface area contributed by atoms with Gasteiger partial charge in [0.2, 0.25) is 5.95 Å². The van der Waals surface area contributed by atoms with E-state index in [1.54, 1.807) is 0 Å². The minimum absolute atomic E-state index is 0.164. The quantitative estimate of drug-likeness (QED) is 0.359. The molecule has 0 spiro atoms. The van der Waals surface area contributed by atoms with Crippen LogP contribution in [-0.2, 0) is 0 Å². The molecule has 184 valence electrons. The number of halogens is 4. The highest BCUT2D eigenvalue weighted by Crippen LogP contribution is 2.57. The van der Waals surface area contributed by atoms with E-state index in [-0.39, 0.29) is 24.0 Å². The molecule has 2 heterocycles. The van der Waals surface area contributed by atoms with Gasteiger partial charge in [-0.05, 0) is 36.8 Å². The number of anilines is 2. The topological polar surface area (TPSA) is 94.0 Å². The van der Waals surface area contributed by atoms with E-state index in [1.807, 2.05) is 43.3 Å². The third-order valence-electron chi connectivity index (χ3n) is 5.28. The molecule has 1 aliphatic rings. The van der Waals surface area contributed by atoms with E-state index < -0.39 is 22.9 Å². The SMILES string of the molecule is CN(C)c1nc(NC2CCN(S(O)(O)c3ccc(Br)cc3OC(F)(F)F)C2)nc2ccccc12. The monoisotopic (exact) mass is 561 g/mol. The number of rotatable bonds is 6. The van der Waals surface area contributed by atoms with E-state index in [0.29, 0.717) is 16.8 Å². The highest BCUT2D eigenvalue weighted by Gasteiger charge is 2.38. The predicted octanol–water partition coefficient (Wildman–Crippen LogP) is 5.57. The molecule has 4 rings (SSSR count). The number of nitrogens with one attached hydrogen (secondary N) is 1. The fourth-order valence-electron chi connectivity index (χ4n) is 3.78. The second kappa shape index (κ2) is 9.38. The van der Waals surface area contributed by atoms with E-state index in [9.17, 15) is 22.3 Å². The van der Waals surface area contributed by atoms with Crippen LogP contribution in [-0.4, -0.2) is 63.0 Å². The van der Waals surface area contributed by atoms with Crippen LogP contribution in [0, 0.1) is 0 Å². The molecule has 1 aliphatic heterocycles. The normalized spacial score (nSPS) is 17.7. The maximum Gasteiger partial charge on any atom is 0.573 e. The summed E-state index contributed by atoms with van der Waals surface area (Å²) < 4.78 is 66.3. The number of hydrogen-bond acceptors (Lipinski definition) is 8. The third kappa shape index (κ3) is 5.33. The van der Waals surface area contributed by atoms with Gasteiger partial charge < -0.3 is 15.0 Å². The third-order valence-corrected chi connectivity index (χ3v) is 7.75. The van der Waals surface area contributed by atoms with Crippen molar-refractivity contribution >= 4 is 49.4 Å². The highest BCUT2D eigenvalue weighted by atomic mass is 79.9. The van der Waals surface area contributed by atoms with Crippen molar-refractivity contribution in [2.45, 2.75) is 23.7 Å². The zero-order chi connectivity index (χ0) is 24.7. The molecule has 1 fully saturated rings. The molecule has 0 bridgehead atoms. The van der Waals surface area contributed by atoms with Crippen LogP contribution in [0.4, 0.5) is 24.9 Å². The Morgan fingerprint density at radius 1 is 1.18 bits per heavy atom. The highest BCUT2D eigenvalue weighted by molar-refractivity contribution is 9.10.